The van der Waals surface area contributed by atoms with E-state index >= 15 is 0 Å². The summed E-state index contributed by atoms with van der Waals surface area (Å²) in [6, 6.07) is 6.88. The van der Waals surface area contributed by atoms with Gasteiger partial charge in [-0.1, -0.05) is 25.1 Å². The van der Waals surface area contributed by atoms with Crippen LogP contribution < -0.4 is 0 Å². The van der Waals surface area contributed by atoms with E-state index in [9.17, 15) is 4.79 Å². The third-order valence-electron chi connectivity index (χ3n) is 3.61. The number of hydrogen-bond acceptors (Lipinski definition) is 1. The molecule has 0 aliphatic heterocycles. The SMILES string of the molecule is CCCC(=O)CCCc1ccc2c(c1)CCC2. The Morgan fingerprint density at radius 2 is 2.00 bits per heavy atom. The smallest absolute Gasteiger partial charge is 0.132 e. The molecule has 0 amide bonds. The van der Waals surface area contributed by atoms with Gasteiger partial charge in [0, 0.05) is 12.8 Å². The summed E-state index contributed by atoms with van der Waals surface area (Å²) in [6.07, 6.45) is 8.38. The average Bonchev–Trinajstić information content (AvgIpc) is 2.76. The Balaban J connectivity index is 1.81. The van der Waals surface area contributed by atoms with Crippen molar-refractivity contribution in [3.05, 3.63) is 34.9 Å². The fourth-order valence-corrected chi connectivity index (χ4v) is 2.67. The van der Waals surface area contributed by atoms with Crippen molar-refractivity contribution in [2.24, 2.45) is 0 Å². The molecule has 17 heavy (non-hydrogen) atoms. The lowest BCUT2D eigenvalue weighted by Crippen LogP contribution is -1.98. The van der Waals surface area contributed by atoms with E-state index in [0.717, 1.165) is 32.1 Å². The van der Waals surface area contributed by atoms with Gasteiger partial charge in [0.2, 0.25) is 0 Å². The lowest BCUT2D eigenvalue weighted by Gasteiger charge is -2.04. The van der Waals surface area contributed by atoms with Crippen LogP contribution in [0.3, 0.4) is 0 Å². The highest BCUT2D eigenvalue weighted by molar-refractivity contribution is 5.78. The third-order valence-corrected chi connectivity index (χ3v) is 3.61. The van der Waals surface area contributed by atoms with E-state index in [1.165, 1.54) is 30.4 Å². The summed E-state index contributed by atoms with van der Waals surface area (Å²) in [5, 5.41) is 0. The van der Waals surface area contributed by atoms with Gasteiger partial charge in [0.15, 0.2) is 0 Å². The number of carbonyl (C=O) groups is 1. The predicted octanol–water partition coefficient (Wildman–Crippen LogP) is 3.87. The van der Waals surface area contributed by atoms with Gasteiger partial charge in [0.05, 0.1) is 0 Å². The van der Waals surface area contributed by atoms with Crippen LogP contribution in [0.15, 0.2) is 18.2 Å². The van der Waals surface area contributed by atoms with Gasteiger partial charge in [-0.3, -0.25) is 4.79 Å². The Hall–Kier alpha value is -1.11. The quantitative estimate of drug-likeness (QED) is 0.725. The second-order valence-electron chi connectivity index (χ2n) is 5.10. The van der Waals surface area contributed by atoms with Crippen LogP contribution in [-0.2, 0) is 24.1 Å². The summed E-state index contributed by atoms with van der Waals surface area (Å²) >= 11 is 0. The van der Waals surface area contributed by atoms with Gasteiger partial charge in [-0.15, -0.1) is 0 Å². The molecule has 92 valence electrons. The first kappa shape index (κ1) is 12.3. The second-order valence-corrected chi connectivity index (χ2v) is 5.10. The maximum atomic E-state index is 11.4. The molecule has 0 N–H and O–H groups in total. The van der Waals surface area contributed by atoms with Crippen LogP contribution in [0.4, 0.5) is 0 Å². The van der Waals surface area contributed by atoms with E-state index in [4.69, 9.17) is 0 Å². The van der Waals surface area contributed by atoms with Crippen LogP contribution in [0.5, 0.6) is 0 Å². The molecule has 0 aromatic heterocycles. The molecule has 2 rings (SSSR count). The maximum absolute atomic E-state index is 11.4. The van der Waals surface area contributed by atoms with Gasteiger partial charge < -0.3 is 0 Å². The molecular weight excluding hydrogens is 208 g/mol. The van der Waals surface area contributed by atoms with E-state index < -0.39 is 0 Å². The van der Waals surface area contributed by atoms with Crippen LogP contribution in [0.2, 0.25) is 0 Å². The van der Waals surface area contributed by atoms with Crippen molar-refractivity contribution in [2.45, 2.75) is 58.3 Å². The van der Waals surface area contributed by atoms with Crippen LogP contribution in [0.25, 0.3) is 0 Å². The van der Waals surface area contributed by atoms with Crippen molar-refractivity contribution in [3.8, 4) is 0 Å². The number of hydrogen-bond donors (Lipinski definition) is 0. The zero-order chi connectivity index (χ0) is 12.1. The molecular formula is C16H22O. The molecule has 1 aromatic carbocycles. The van der Waals surface area contributed by atoms with Gasteiger partial charge in [0.1, 0.15) is 5.78 Å². The standard InChI is InChI=1S/C16H22O/c1-2-5-16(17)9-3-6-13-10-11-14-7-4-8-15(14)12-13/h10-12H,2-9H2,1H3. The van der Waals surface area contributed by atoms with E-state index in [-0.39, 0.29) is 0 Å². The van der Waals surface area contributed by atoms with E-state index in [1.807, 2.05) is 0 Å². The second kappa shape index (κ2) is 6.00. The molecule has 0 bridgehead atoms. The third kappa shape index (κ3) is 3.42. The molecule has 1 heteroatoms. The molecule has 0 spiro atoms. The molecule has 1 aliphatic carbocycles. The number of aryl methyl sites for hydroxylation is 3. The van der Waals surface area contributed by atoms with Gasteiger partial charge in [0.25, 0.3) is 0 Å². The minimum absolute atomic E-state index is 0.425. The first-order valence-corrected chi connectivity index (χ1v) is 6.92. The van der Waals surface area contributed by atoms with Crippen LogP contribution >= 0.6 is 0 Å². The van der Waals surface area contributed by atoms with Crippen molar-refractivity contribution in [1.82, 2.24) is 0 Å². The lowest BCUT2D eigenvalue weighted by molar-refractivity contribution is -0.119. The largest absolute Gasteiger partial charge is 0.300 e. The summed E-state index contributed by atoms with van der Waals surface area (Å²) in [5.41, 5.74) is 4.49. The van der Waals surface area contributed by atoms with Crippen LogP contribution in [0, 0.1) is 0 Å². The molecule has 0 atom stereocenters. The molecule has 0 unspecified atom stereocenters. The van der Waals surface area contributed by atoms with Gasteiger partial charge in [-0.25, -0.2) is 0 Å². The minimum atomic E-state index is 0.425. The Labute approximate surface area is 104 Å². The number of ketones is 1. The van der Waals surface area contributed by atoms with Crippen molar-refractivity contribution in [1.29, 1.82) is 0 Å². The Bertz CT molecular complexity index is 393. The van der Waals surface area contributed by atoms with Crippen LogP contribution in [0.1, 0.15) is 55.7 Å². The van der Waals surface area contributed by atoms with Crippen molar-refractivity contribution < 1.29 is 4.79 Å². The Kier molecular flexibility index (Phi) is 4.36. The lowest BCUT2D eigenvalue weighted by atomic mass is 10.0. The number of rotatable bonds is 6. The summed E-state index contributed by atoms with van der Waals surface area (Å²) in [4.78, 5) is 11.4. The van der Waals surface area contributed by atoms with Gasteiger partial charge in [-0.2, -0.15) is 0 Å². The first-order valence-electron chi connectivity index (χ1n) is 6.92. The highest BCUT2D eigenvalue weighted by Gasteiger charge is 2.10. The number of benzene rings is 1. The molecule has 0 saturated heterocycles. The molecule has 1 aliphatic rings. The molecule has 1 aromatic rings. The Morgan fingerprint density at radius 3 is 2.82 bits per heavy atom. The van der Waals surface area contributed by atoms with Crippen molar-refractivity contribution in [2.75, 3.05) is 0 Å². The number of carbonyl (C=O) groups excluding carboxylic acids is 1. The van der Waals surface area contributed by atoms with E-state index in [1.54, 1.807) is 5.56 Å². The van der Waals surface area contributed by atoms with E-state index in [2.05, 4.69) is 25.1 Å². The predicted molar refractivity (Wildman–Crippen MR) is 71.3 cm³/mol. The summed E-state index contributed by atoms with van der Waals surface area (Å²) in [5.74, 6) is 0.425. The fraction of sp³-hybridized carbons (Fsp3) is 0.562. The maximum Gasteiger partial charge on any atom is 0.132 e. The monoisotopic (exact) mass is 230 g/mol. The number of Topliss-reactive ketones (excluding diaryl/α,β-unsaturated/α-hetero) is 1. The molecule has 0 fully saturated rings. The summed E-state index contributed by atoms with van der Waals surface area (Å²) in [6.45, 7) is 2.07. The first-order chi connectivity index (χ1) is 8.29. The highest BCUT2D eigenvalue weighted by atomic mass is 16.1. The zero-order valence-corrected chi connectivity index (χ0v) is 10.8. The van der Waals surface area contributed by atoms with E-state index in [0.29, 0.717) is 5.78 Å². The summed E-state index contributed by atoms with van der Waals surface area (Å²) < 4.78 is 0. The summed E-state index contributed by atoms with van der Waals surface area (Å²) in [7, 11) is 0. The molecule has 0 heterocycles. The van der Waals surface area contributed by atoms with Gasteiger partial charge >= 0.3 is 0 Å². The minimum Gasteiger partial charge on any atom is -0.300 e. The Morgan fingerprint density at radius 1 is 1.18 bits per heavy atom. The fourth-order valence-electron chi connectivity index (χ4n) is 2.67. The van der Waals surface area contributed by atoms with Crippen molar-refractivity contribution >= 4 is 5.78 Å². The zero-order valence-electron chi connectivity index (χ0n) is 10.8. The highest BCUT2D eigenvalue weighted by Crippen LogP contribution is 2.23. The normalized spacial score (nSPS) is 13.7. The molecule has 1 nitrogen and oxygen atoms in total. The van der Waals surface area contributed by atoms with Crippen molar-refractivity contribution in [3.63, 3.8) is 0 Å². The topological polar surface area (TPSA) is 17.1 Å². The van der Waals surface area contributed by atoms with Crippen LogP contribution in [-0.4, -0.2) is 5.78 Å². The molecule has 0 radical (unpaired) electrons. The molecule has 0 saturated carbocycles. The number of fused-ring (bicyclic) bond motifs is 1. The average molecular weight is 230 g/mol. The van der Waals surface area contributed by atoms with Gasteiger partial charge in [-0.05, 0) is 55.2 Å².